The van der Waals surface area contributed by atoms with Crippen molar-refractivity contribution in [2.45, 2.75) is 19.3 Å². The number of hydrogen-bond donors (Lipinski definition) is 0. The summed E-state index contributed by atoms with van der Waals surface area (Å²) >= 11 is 0. The summed E-state index contributed by atoms with van der Waals surface area (Å²) in [5, 5.41) is 1.28. The second kappa shape index (κ2) is 11.6. The first-order chi connectivity index (χ1) is 24.7. The van der Waals surface area contributed by atoms with Crippen molar-refractivity contribution >= 4 is 22.0 Å². The van der Waals surface area contributed by atoms with E-state index in [9.17, 15) is 0 Å². The number of rotatable bonds is 5. The van der Waals surface area contributed by atoms with Crippen LogP contribution < -0.4 is 0 Å². The molecular weight excluding hydrogens is 605 g/mol. The molecule has 0 radical (unpaired) electrons. The van der Waals surface area contributed by atoms with Crippen molar-refractivity contribution in [1.29, 1.82) is 0 Å². The van der Waals surface area contributed by atoms with Gasteiger partial charge in [0.05, 0.1) is 28.3 Å². The number of hydrogen-bond acceptors (Lipinski definition) is 1. The summed E-state index contributed by atoms with van der Waals surface area (Å²) in [4.78, 5) is 5.24. The van der Waals surface area contributed by atoms with Gasteiger partial charge in [0, 0.05) is 33.9 Å². The average Bonchev–Trinajstić information content (AvgIpc) is 3.50. The van der Waals surface area contributed by atoms with Gasteiger partial charge in [0.25, 0.3) is 0 Å². The van der Waals surface area contributed by atoms with Gasteiger partial charge in [-0.3, -0.25) is 0 Å². The first-order valence-corrected chi connectivity index (χ1v) is 17.8. The molecule has 3 atom stereocenters. The van der Waals surface area contributed by atoms with Crippen LogP contribution in [-0.2, 0) is 0 Å². The van der Waals surface area contributed by atoms with Crippen LogP contribution in [-0.4, -0.2) is 9.55 Å². The zero-order valence-corrected chi connectivity index (χ0v) is 28.0. The van der Waals surface area contributed by atoms with E-state index in [0.717, 1.165) is 34.6 Å². The zero-order chi connectivity index (χ0) is 33.2. The second-order valence-electron chi connectivity index (χ2n) is 14.0. The van der Waals surface area contributed by atoms with Crippen LogP contribution in [0.1, 0.15) is 36.0 Å². The van der Waals surface area contributed by atoms with Gasteiger partial charge >= 0.3 is 0 Å². The van der Waals surface area contributed by atoms with Crippen molar-refractivity contribution in [3.63, 3.8) is 0 Å². The number of para-hydroxylation sites is 1. The highest BCUT2D eigenvalue weighted by molar-refractivity contribution is 6.06. The highest BCUT2D eigenvalue weighted by atomic mass is 15.0. The lowest BCUT2D eigenvalue weighted by molar-refractivity contribution is 0.558. The molecule has 2 heteroatoms. The lowest BCUT2D eigenvalue weighted by Crippen LogP contribution is -2.30. The lowest BCUT2D eigenvalue weighted by atomic mass is 9.58. The molecule has 2 nitrogen and oxygen atoms in total. The number of benzene rings is 5. The van der Waals surface area contributed by atoms with Crippen LogP contribution in [0, 0.1) is 11.8 Å². The SMILES string of the molecule is CC1C=CC2=C(C1)C1C=C(c3c(-c4ccccc4)n(-c4cc(-c5ccccc5)nc(-c5ccccc5)c4)c4ccccc34)[C@@H]1c1ccccc12. The minimum Gasteiger partial charge on any atom is -0.308 e. The lowest BCUT2D eigenvalue weighted by Gasteiger charge is -2.45. The van der Waals surface area contributed by atoms with E-state index in [1.165, 1.54) is 50.0 Å². The third kappa shape index (κ3) is 4.52. The van der Waals surface area contributed by atoms with Gasteiger partial charge in [0.1, 0.15) is 0 Å². The first-order valence-electron chi connectivity index (χ1n) is 17.8. The number of fused-ring (bicyclic) bond motifs is 6. The predicted octanol–water partition coefficient (Wildman–Crippen LogP) is 12.2. The topological polar surface area (TPSA) is 17.8 Å². The molecule has 7 aromatic rings. The van der Waals surface area contributed by atoms with Crippen molar-refractivity contribution in [2.75, 3.05) is 0 Å². The standard InChI is InChI=1S/C48H36N2/c1-31-25-26-37-36-21-11-12-22-38(36)46-41(40(37)27-31)30-42(46)47-39-23-13-14-24-45(39)50(48(47)34-19-9-4-10-20-34)35-28-43(32-15-5-2-6-16-32)49-44(29-35)33-17-7-3-8-18-33/h2-26,28-31,41,46H,27H2,1H3/t31?,41?,46-/m1/s1. The van der Waals surface area contributed by atoms with Crippen LogP contribution in [0.4, 0.5) is 0 Å². The molecule has 0 fully saturated rings. The van der Waals surface area contributed by atoms with Crippen LogP contribution in [0.3, 0.4) is 0 Å². The van der Waals surface area contributed by atoms with Gasteiger partial charge in [0.15, 0.2) is 0 Å². The highest BCUT2D eigenvalue weighted by Crippen LogP contribution is 2.60. The molecule has 50 heavy (non-hydrogen) atoms. The fourth-order valence-electron chi connectivity index (χ4n) is 8.68. The maximum atomic E-state index is 5.24. The Morgan fingerprint density at radius 3 is 1.94 bits per heavy atom. The van der Waals surface area contributed by atoms with Gasteiger partial charge in [0.2, 0.25) is 0 Å². The number of pyridine rings is 1. The van der Waals surface area contributed by atoms with Crippen molar-refractivity contribution in [2.24, 2.45) is 11.8 Å². The van der Waals surface area contributed by atoms with Crippen LogP contribution in [0.5, 0.6) is 0 Å². The molecule has 238 valence electrons. The van der Waals surface area contributed by atoms with Gasteiger partial charge in [-0.05, 0) is 58.4 Å². The van der Waals surface area contributed by atoms with Crippen molar-refractivity contribution in [1.82, 2.24) is 9.55 Å². The van der Waals surface area contributed by atoms with E-state index in [2.05, 4.69) is 181 Å². The Bertz CT molecular complexity index is 2460. The van der Waals surface area contributed by atoms with Gasteiger partial charge in [-0.1, -0.05) is 164 Å². The van der Waals surface area contributed by atoms with Crippen molar-refractivity contribution in [3.8, 4) is 39.5 Å². The second-order valence-corrected chi connectivity index (χ2v) is 14.0. The normalized spacial score (nSPS) is 19.0. The van der Waals surface area contributed by atoms with Gasteiger partial charge in [-0.15, -0.1) is 0 Å². The zero-order valence-electron chi connectivity index (χ0n) is 28.0. The molecule has 0 N–H and O–H groups in total. The third-order valence-corrected chi connectivity index (χ3v) is 10.9. The van der Waals surface area contributed by atoms with E-state index in [1.807, 2.05) is 0 Å². The van der Waals surface area contributed by atoms with Crippen molar-refractivity contribution < 1.29 is 0 Å². The molecule has 2 aromatic heterocycles. The monoisotopic (exact) mass is 640 g/mol. The maximum Gasteiger partial charge on any atom is 0.0730 e. The Hall–Kier alpha value is -5.99. The number of allylic oxidation sites excluding steroid dienone is 6. The first kappa shape index (κ1) is 29.0. The summed E-state index contributed by atoms with van der Waals surface area (Å²) in [5.41, 5.74) is 17.6. The van der Waals surface area contributed by atoms with Crippen LogP contribution in [0.2, 0.25) is 0 Å². The molecule has 0 spiro atoms. The number of aromatic nitrogens is 2. The molecule has 2 heterocycles. The molecular formula is C48H36N2. The largest absolute Gasteiger partial charge is 0.308 e. The quantitative estimate of drug-likeness (QED) is 0.183. The Labute approximate surface area is 293 Å². The fraction of sp³-hybridized carbons (Fsp3) is 0.104. The summed E-state index contributed by atoms with van der Waals surface area (Å²) < 4.78 is 2.50. The van der Waals surface area contributed by atoms with Gasteiger partial charge in [-0.2, -0.15) is 0 Å². The summed E-state index contributed by atoms with van der Waals surface area (Å²) in [5.74, 6) is 1.30. The van der Waals surface area contributed by atoms with Crippen LogP contribution in [0.25, 0.3) is 61.5 Å². The predicted molar refractivity (Wildman–Crippen MR) is 208 cm³/mol. The van der Waals surface area contributed by atoms with Gasteiger partial charge < -0.3 is 4.57 Å². The molecule has 2 unspecified atom stereocenters. The Kier molecular flexibility index (Phi) is 6.70. The summed E-state index contributed by atoms with van der Waals surface area (Å²) in [6.45, 7) is 2.35. The van der Waals surface area contributed by atoms with Crippen LogP contribution >= 0.6 is 0 Å². The molecule has 0 saturated carbocycles. The molecule has 0 aliphatic heterocycles. The fourth-order valence-corrected chi connectivity index (χ4v) is 8.68. The average molecular weight is 641 g/mol. The Balaban J connectivity index is 1.26. The molecule has 3 aliphatic carbocycles. The molecule has 10 rings (SSSR count). The number of nitrogens with zero attached hydrogens (tertiary/aromatic N) is 2. The van der Waals surface area contributed by atoms with E-state index >= 15 is 0 Å². The summed E-state index contributed by atoms with van der Waals surface area (Å²) in [7, 11) is 0. The van der Waals surface area contributed by atoms with E-state index in [0.29, 0.717) is 17.8 Å². The maximum absolute atomic E-state index is 5.24. The molecule has 0 bridgehead atoms. The Morgan fingerprint density at radius 2 is 1.24 bits per heavy atom. The molecule has 3 aliphatic rings. The smallest absolute Gasteiger partial charge is 0.0730 e. The van der Waals surface area contributed by atoms with Crippen LogP contribution in [0.15, 0.2) is 175 Å². The minimum absolute atomic E-state index is 0.322. The van der Waals surface area contributed by atoms with Gasteiger partial charge in [-0.25, -0.2) is 4.98 Å². The molecule has 5 aromatic carbocycles. The third-order valence-electron chi connectivity index (χ3n) is 10.9. The highest BCUT2D eigenvalue weighted by Gasteiger charge is 2.44. The van der Waals surface area contributed by atoms with E-state index in [1.54, 1.807) is 5.57 Å². The summed E-state index contributed by atoms with van der Waals surface area (Å²) in [6, 6.07) is 54.8. The van der Waals surface area contributed by atoms with E-state index < -0.39 is 0 Å². The molecule has 0 saturated heterocycles. The van der Waals surface area contributed by atoms with E-state index in [4.69, 9.17) is 4.98 Å². The minimum atomic E-state index is 0.322. The van der Waals surface area contributed by atoms with E-state index in [-0.39, 0.29) is 0 Å². The molecule has 0 amide bonds. The summed E-state index contributed by atoms with van der Waals surface area (Å²) in [6.07, 6.45) is 8.50. The van der Waals surface area contributed by atoms with Crippen molar-refractivity contribution in [3.05, 3.63) is 192 Å². The Morgan fingerprint density at radius 1 is 0.640 bits per heavy atom.